The van der Waals surface area contributed by atoms with Crippen LogP contribution in [0.3, 0.4) is 0 Å². The number of carbonyl (C=O) groups excluding carboxylic acids is 1. The van der Waals surface area contributed by atoms with Crippen LogP contribution in [0.15, 0.2) is 5.16 Å². The third kappa shape index (κ3) is 11.1. The lowest BCUT2D eigenvalue weighted by Crippen LogP contribution is -2.69. The molecule has 0 aromatic heterocycles. The second kappa shape index (κ2) is 12.6. The molecule has 0 aliphatic rings. The fraction of sp³-hybridized carbons (Fsp3) is 0.833. The van der Waals surface area contributed by atoms with E-state index in [-0.39, 0.29) is 5.75 Å². The van der Waals surface area contributed by atoms with E-state index in [2.05, 4.69) is 17.1 Å². The number of oxime groups is 1. The normalized spacial score (nSPS) is 13.5. The predicted molar refractivity (Wildman–Crippen MR) is 79.4 cm³/mol. The molecule has 0 saturated heterocycles. The number of carbonyl (C=O) groups is 1. The lowest BCUT2D eigenvalue weighted by atomic mass is 10.1. The Kier molecular flexibility index (Phi) is 12.4. The van der Waals surface area contributed by atoms with Crippen molar-refractivity contribution < 1.29 is 20.8 Å². The monoisotopic (exact) mass is 308 g/mol. The van der Waals surface area contributed by atoms with E-state index in [1.807, 2.05) is 11.8 Å². The number of hydrogen-bond donors (Lipinski definition) is 2. The lowest BCUT2D eigenvalue weighted by Gasteiger charge is -2.09. The Hall–Kier alpha value is -0.400. The van der Waals surface area contributed by atoms with Crippen molar-refractivity contribution in [2.45, 2.75) is 44.6 Å². The van der Waals surface area contributed by atoms with Gasteiger partial charge in [0.1, 0.15) is 11.1 Å². The summed E-state index contributed by atoms with van der Waals surface area (Å²) in [5.74, 6) is 0.335. The van der Waals surface area contributed by atoms with Crippen LogP contribution in [0.2, 0.25) is 0 Å². The Morgan fingerprint density at radius 3 is 2.53 bits per heavy atom. The van der Waals surface area contributed by atoms with Crippen LogP contribution < -0.4 is 10.8 Å². The molecule has 0 radical (unpaired) electrons. The van der Waals surface area contributed by atoms with E-state index in [0.717, 1.165) is 12.8 Å². The molecule has 0 amide bonds. The van der Waals surface area contributed by atoms with E-state index in [1.165, 1.54) is 36.8 Å². The smallest absolute Gasteiger partial charge is 0.134 e. The average molecular weight is 308 g/mol. The third-order valence-electron chi connectivity index (χ3n) is 2.64. The molecule has 0 rings (SSSR count). The minimum absolute atomic E-state index is 0.287. The molecule has 0 aromatic carbocycles. The molecule has 0 bridgehead atoms. The van der Waals surface area contributed by atoms with Gasteiger partial charge < -0.3 is 20.8 Å². The molecule has 0 aliphatic heterocycles. The molecule has 0 saturated carbocycles. The van der Waals surface area contributed by atoms with Crippen LogP contribution in [0.4, 0.5) is 0 Å². The number of hydrogen-bond acceptors (Lipinski definition) is 6. The van der Waals surface area contributed by atoms with Gasteiger partial charge in [-0.25, -0.2) is 0 Å². The summed E-state index contributed by atoms with van der Waals surface area (Å²) in [6.45, 7) is 0. The first-order valence-electron chi connectivity index (χ1n) is 6.48. The summed E-state index contributed by atoms with van der Waals surface area (Å²) in [6.07, 6.45) is 8.59. The molecule has 19 heavy (non-hydrogen) atoms. The zero-order valence-corrected chi connectivity index (χ0v) is 13.1. The van der Waals surface area contributed by atoms with Gasteiger partial charge in [-0.3, -0.25) is 0 Å². The minimum Gasteiger partial charge on any atom is -0.544 e. The summed E-state index contributed by atoms with van der Waals surface area (Å²) in [4.78, 5) is 10.5. The number of quaternary nitrogens is 1. The molecule has 7 heteroatoms. The van der Waals surface area contributed by atoms with Gasteiger partial charge in [-0.2, -0.15) is 11.8 Å². The van der Waals surface area contributed by atoms with Crippen molar-refractivity contribution in [3.05, 3.63) is 0 Å². The van der Waals surface area contributed by atoms with Crippen LogP contribution in [0.5, 0.6) is 0 Å². The summed E-state index contributed by atoms with van der Waals surface area (Å²) < 4.78 is 0. The van der Waals surface area contributed by atoms with Gasteiger partial charge in [0.15, 0.2) is 0 Å². The minimum atomic E-state index is -1.17. The van der Waals surface area contributed by atoms with Crippen molar-refractivity contribution in [1.82, 2.24) is 0 Å². The van der Waals surface area contributed by atoms with Gasteiger partial charge in [-0.1, -0.05) is 24.4 Å². The molecule has 5 nitrogen and oxygen atoms in total. The van der Waals surface area contributed by atoms with E-state index in [1.54, 1.807) is 0 Å². The van der Waals surface area contributed by atoms with Crippen molar-refractivity contribution in [2.75, 3.05) is 17.8 Å². The zero-order valence-electron chi connectivity index (χ0n) is 11.5. The van der Waals surface area contributed by atoms with Gasteiger partial charge >= 0.3 is 0 Å². The quantitative estimate of drug-likeness (QED) is 0.191. The van der Waals surface area contributed by atoms with Crippen molar-refractivity contribution in [3.8, 4) is 0 Å². The summed E-state index contributed by atoms with van der Waals surface area (Å²) in [5.41, 5.74) is 3.46. The number of aliphatic carboxylic acids is 1. The Labute approximate surface area is 123 Å². The highest BCUT2D eigenvalue weighted by molar-refractivity contribution is 8.14. The Bertz CT molecular complexity index is 276. The molecular weight excluding hydrogens is 284 g/mol. The van der Waals surface area contributed by atoms with E-state index >= 15 is 0 Å². The maximum atomic E-state index is 10.5. The van der Waals surface area contributed by atoms with E-state index in [4.69, 9.17) is 5.21 Å². The largest absolute Gasteiger partial charge is 0.544 e. The second-order valence-electron chi connectivity index (χ2n) is 4.33. The van der Waals surface area contributed by atoms with E-state index in [0.29, 0.717) is 11.5 Å². The number of unbranched alkanes of at least 4 members (excludes halogenated alkanes) is 4. The average Bonchev–Trinajstić information content (AvgIpc) is 2.40. The lowest BCUT2D eigenvalue weighted by molar-refractivity contribution is -0.431. The summed E-state index contributed by atoms with van der Waals surface area (Å²) in [5, 5.41) is 23.1. The van der Waals surface area contributed by atoms with Gasteiger partial charge in [0.25, 0.3) is 0 Å². The zero-order chi connectivity index (χ0) is 14.5. The van der Waals surface area contributed by atoms with Crippen LogP contribution >= 0.6 is 23.5 Å². The Morgan fingerprint density at radius 1 is 1.32 bits per heavy atom. The SMILES string of the molecule is CSCCCCCCC/C(=N\O)SC[C@H]([NH3+])C(=O)[O-]. The summed E-state index contributed by atoms with van der Waals surface area (Å²) >= 11 is 3.11. The molecule has 0 spiro atoms. The maximum absolute atomic E-state index is 10.5. The third-order valence-corrected chi connectivity index (χ3v) is 4.52. The van der Waals surface area contributed by atoms with E-state index in [9.17, 15) is 9.90 Å². The molecule has 112 valence electrons. The molecule has 0 fully saturated rings. The number of thioether (sulfide) groups is 2. The highest BCUT2D eigenvalue weighted by atomic mass is 32.2. The van der Waals surface area contributed by atoms with Gasteiger partial charge in [0.2, 0.25) is 0 Å². The molecule has 4 N–H and O–H groups in total. The highest BCUT2D eigenvalue weighted by Crippen LogP contribution is 2.14. The van der Waals surface area contributed by atoms with Gasteiger partial charge in [0.05, 0.1) is 11.7 Å². The summed E-state index contributed by atoms with van der Waals surface area (Å²) in [7, 11) is 0. The first-order valence-corrected chi connectivity index (χ1v) is 8.86. The highest BCUT2D eigenvalue weighted by Gasteiger charge is 2.10. The van der Waals surface area contributed by atoms with Crippen LogP contribution in [0.1, 0.15) is 38.5 Å². The second-order valence-corrected chi connectivity index (χ2v) is 6.41. The number of rotatable bonds is 11. The van der Waals surface area contributed by atoms with E-state index < -0.39 is 12.0 Å². The van der Waals surface area contributed by atoms with Gasteiger partial charge in [0, 0.05) is 0 Å². The van der Waals surface area contributed by atoms with Crippen molar-refractivity contribution in [3.63, 3.8) is 0 Å². The van der Waals surface area contributed by atoms with Gasteiger partial charge in [-0.05, 0) is 31.3 Å². The fourth-order valence-electron chi connectivity index (χ4n) is 1.47. The molecule has 1 atom stereocenters. The van der Waals surface area contributed by atoms with Crippen LogP contribution in [0, 0.1) is 0 Å². The standard InChI is InChI=1S/C12H24N2O3S2/c1-18-8-6-4-2-3-5-7-11(14-17)19-9-10(13)12(15)16/h10,17H,2-9,13H2,1H3,(H,15,16)/b14-11+/t10-/m0/s1. The summed E-state index contributed by atoms with van der Waals surface area (Å²) in [6, 6.07) is -0.770. The molecular formula is C12H24N2O3S2. The van der Waals surface area contributed by atoms with Crippen molar-refractivity contribution in [1.29, 1.82) is 0 Å². The predicted octanol–water partition coefficient (Wildman–Crippen LogP) is 0.571. The molecule has 0 aromatic rings. The fourth-order valence-corrected chi connectivity index (χ4v) is 2.84. The number of carboxylic acid groups (broad SMARTS) is 1. The first kappa shape index (κ1) is 18.6. The first-order chi connectivity index (χ1) is 9.11. The van der Waals surface area contributed by atoms with Crippen LogP contribution in [-0.2, 0) is 4.79 Å². The van der Waals surface area contributed by atoms with Crippen molar-refractivity contribution in [2.24, 2.45) is 5.16 Å². The number of nitrogens with zero attached hydrogens (tertiary/aromatic N) is 1. The Morgan fingerprint density at radius 2 is 1.95 bits per heavy atom. The molecule has 0 heterocycles. The topological polar surface area (TPSA) is 100 Å². The molecule has 0 aliphatic carbocycles. The molecule has 0 unspecified atom stereocenters. The Balaban J connectivity index is 3.58. The van der Waals surface area contributed by atoms with Gasteiger partial charge in [-0.15, -0.1) is 11.8 Å². The van der Waals surface area contributed by atoms with Crippen LogP contribution in [0.25, 0.3) is 0 Å². The van der Waals surface area contributed by atoms with Crippen molar-refractivity contribution >= 4 is 34.5 Å². The maximum Gasteiger partial charge on any atom is 0.134 e. The van der Waals surface area contributed by atoms with Crippen LogP contribution in [-0.4, -0.2) is 40.0 Å². The number of carboxylic acids is 1.